The average molecular weight is 513 g/mol. The molecule has 0 aromatic heterocycles. The molecule has 2 atom stereocenters. The average Bonchev–Trinajstić information content (AvgIpc) is 2.72. The van der Waals surface area contributed by atoms with Gasteiger partial charge in [0.05, 0.1) is 19.3 Å². The van der Waals surface area contributed by atoms with Gasteiger partial charge in [-0.2, -0.15) is 0 Å². The number of hydrogen-bond acceptors (Lipinski definition) is 3. The maximum atomic E-state index is 12.7. The maximum absolute atomic E-state index is 12.7. The third kappa shape index (κ3) is 10.4. The lowest BCUT2D eigenvalue weighted by molar-refractivity contribution is -0.132. The molecule has 1 aromatic carbocycles. The van der Waals surface area contributed by atoms with Crippen molar-refractivity contribution in [1.82, 2.24) is 4.90 Å². The molecule has 1 aromatic rings. The first-order valence-corrected chi connectivity index (χ1v) is 11.7. The number of rotatable bonds is 14. The van der Waals surface area contributed by atoms with E-state index >= 15 is 0 Å². The fourth-order valence-corrected chi connectivity index (χ4v) is 4.08. The van der Waals surface area contributed by atoms with E-state index in [1.165, 1.54) is 0 Å². The number of aliphatic hydroxyl groups excluding tert-OH is 1. The van der Waals surface area contributed by atoms with E-state index in [4.69, 9.17) is 9.84 Å². The molecule has 0 radical (unpaired) electrons. The Morgan fingerprint density at radius 2 is 1.90 bits per heavy atom. The molecular weight excluding hydrogens is 477 g/mol. The predicted molar refractivity (Wildman–Crippen MR) is 129 cm³/mol. The number of unbranched alkanes of at least 4 members (excludes halogenated alkanes) is 3. The number of carbonyl (C=O) groups excluding carboxylic acids is 1. The van der Waals surface area contributed by atoms with Gasteiger partial charge in [-0.3, -0.25) is 4.79 Å². The van der Waals surface area contributed by atoms with Gasteiger partial charge in [-0.1, -0.05) is 90.4 Å². The van der Waals surface area contributed by atoms with Crippen molar-refractivity contribution < 1.29 is 14.6 Å². The van der Waals surface area contributed by atoms with Gasteiger partial charge in [-0.15, -0.1) is 0 Å². The van der Waals surface area contributed by atoms with Gasteiger partial charge >= 0.3 is 0 Å². The van der Waals surface area contributed by atoms with Crippen LogP contribution in [0.3, 0.4) is 0 Å². The highest BCUT2D eigenvalue weighted by Gasteiger charge is 2.25. The summed E-state index contributed by atoms with van der Waals surface area (Å²) < 4.78 is 7.82. The largest absolute Gasteiger partial charge is 0.396 e. The summed E-state index contributed by atoms with van der Waals surface area (Å²) in [5.74, 6) is 0.395. The number of nitrogens with zero attached hydrogens (tertiary/aromatic N) is 1. The molecule has 4 nitrogen and oxygen atoms in total. The van der Waals surface area contributed by atoms with E-state index in [9.17, 15) is 4.79 Å². The topological polar surface area (TPSA) is 49.8 Å². The van der Waals surface area contributed by atoms with Crippen LogP contribution in [0, 0.1) is 5.92 Å². The molecular formula is C24H36INO3. The van der Waals surface area contributed by atoms with Crippen LogP contribution < -0.4 is 0 Å². The van der Waals surface area contributed by atoms with Gasteiger partial charge in [-0.25, -0.2) is 0 Å². The first-order valence-electron chi connectivity index (χ1n) is 10.4. The molecule has 5 heteroatoms. The van der Waals surface area contributed by atoms with Gasteiger partial charge in [0.25, 0.3) is 0 Å². The third-order valence-electron chi connectivity index (χ3n) is 5.08. The van der Waals surface area contributed by atoms with E-state index in [0.717, 1.165) is 36.8 Å². The Hall–Kier alpha value is -1.18. The van der Waals surface area contributed by atoms with E-state index in [2.05, 4.69) is 60.7 Å². The van der Waals surface area contributed by atoms with Crippen molar-refractivity contribution in [2.45, 2.75) is 58.6 Å². The molecule has 0 saturated carbocycles. The van der Waals surface area contributed by atoms with Crippen LogP contribution >= 0.6 is 22.6 Å². The van der Waals surface area contributed by atoms with Crippen LogP contribution in [0.2, 0.25) is 0 Å². The number of carbonyl (C=O) groups is 1. The number of hydrogen-bond donors (Lipinski definition) is 1. The van der Waals surface area contributed by atoms with Crippen molar-refractivity contribution in [2.75, 3.05) is 20.3 Å². The zero-order valence-corrected chi connectivity index (χ0v) is 20.2. The van der Waals surface area contributed by atoms with Crippen LogP contribution in [-0.4, -0.2) is 42.2 Å². The quantitative estimate of drug-likeness (QED) is 0.203. The first-order chi connectivity index (χ1) is 14.0. The third-order valence-corrected chi connectivity index (χ3v) is 5.50. The Kier molecular flexibility index (Phi) is 13.9. The summed E-state index contributed by atoms with van der Waals surface area (Å²) in [6, 6.07) is 10.2. The van der Waals surface area contributed by atoms with Gasteiger partial charge in [0.2, 0.25) is 5.91 Å². The van der Waals surface area contributed by atoms with Crippen LogP contribution in [0.4, 0.5) is 0 Å². The SMILES string of the molecule is C/C(=C\COCc1ccccc1)[C@H]([C@@H](C)/C=C/I)N(C)C(=O)CCCCCCO. The van der Waals surface area contributed by atoms with E-state index in [0.29, 0.717) is 19.6 Å². The number of aliphatic hydroxyl groups is 1. The highest BCUT2D eigenvalue weighted by molar-refractivity contribution is 14.1. The number of benzene rings is 1. The summed E-state index contributed by atoms with van der Waals surface area (Å²) in [7, 11) is 1.90. The van der Waals surface area contributed by atoms with Crippen LogP contribution in [0.5, 0.6) is 0 Å². The zero-order chi connectivity index (χ0) is 21.5. The van der Waals surface area contributed by atoms with Crippen LogP contribution in [-0.2, 0) is 16.1 Å². The first kappa shape index (κ1) is 25.9. The molecule has 0 aliphatic heterocycles. The Morgan fingerprint density at radius 1 is 1.21 bits per heavy atom. The van der Waals surface area contributed by atoms with Crippen molar-refractivity contribution in [2.24, 2.45) is 5.92 Å². The summed E-state index contributed by atoms with van der Waals surface area (Å²) in [6.07, 6.45) is 8.43. The summed E-state index contributed by atoms with van der Waals surface area (Å²) in [5, 5.41) is 8.86. The lowest BCUT2D eigenvalue weighted by Crippen LogP contribution is -2.41. The highest BCUT2D eigenvalue weighted by atomic mass is 127. The predicted octanol–water partition coefficient (Wildman–Crippen LogP) is 5.50. The Morgan fingerprint density at radius 3 is 2.55 bits per heavy atom. The van der Waals surface area contributed by atoms with E-state index < -0.39 is 0 Å². The Bertz CT molecular complexity index is 630. The number of ether oxygens (including phenoxy) is 1. The molecule has 0 heterocycles. The lowest BCUT2D eigenvalue weighted by atomic mass is 9.93. The summed E-state index contributed by atoms with van der Waals surface area (Å²) in [4.78, 5) is 14.6. The standard InChI is InChI=1S/C24H36INO3/c1-20(14-16-25)24(26(3)23(28)13-9-4-5-10-17-27)21(2)15-18-29-19-22-11-7-6-8-12-22/h6-8,11-12,14-16,20,24,27H,4-5,9-10,13,17-19H2,1-3H3/b16-14+,21-15+/t20-,24-/m0/s1. The molecule has 0 aliphatic carbocycles. The fourth-order valence-electron chi connectivity index (χ4n) is 3.43. The van der Waals surface area contributed by atoms with Crippen molar-refractivity contribution in [3.05, 3.63) is 57.7 Å². The lowest BCUT2D eigenvalue weighted by Gasteiger charge is -2.33. The Balaban J connectivity index is 2.65. The van der Waals surface area contributed by atoms with Gasteiger partial charge in [0.1, 0.15) is 0 Å². The van der Waals surface area contributed by atoms with E-state index in [-0.39, 0.29) is 24.5 Å². The van der Waals surface area contributed by atoms with Crippen LogP contribution in [0.1, 0.15) is 51.5 Å². The normalized spacial score (nSPS) is 14.2. The monoisotopic (exact) mass is 513 g/mol. The minimum atomic E-state index is 0.0197. The Labute approximate surface area is 190 Å². The minimum Gasteiger partial charge on any atom is -0.396 e. The summed E-state index contributed by atoms with van der Waals surface area (Å²) in [6.45, 7) is 5.57. The minimum absolute atomic E-state index is 0.0197. The van der Waals surface area contributed by atoms with Crippen molar-refractivity contribution in [3.63, 3.8) is 0 Å². The smallest absolute Gasteiger partial charge is 0.222 e. The highest BCUT2D eigenvalue weighted by Crippen LogP contribution is 2.22. The molecule has 162 valence electrons. The molecule has 0 unspecified atom stereocenters. The molecule has 0 fully saturated rings. The molecule has 29 heavy (non-hydrogen) atoms. The molecule has 0 spiro atoms. The van der Waals surface area contributed by atoms with Gasteiger partial charge < -0.3 is 14.7 Å². The number of halogens is 1. The maximum Gasteiger partial charge on any atom is 0.222 e. The van der Waals surface area contributed by atoms with Crippen molar-refractivity contribution in [3.8, 4) is 0 Å². The zero-order valence-electron chi connectivity index (χ0n) is 18.0. The van der Waals surface area contributed by atoms with Gasteiger partial charge in [-0.05, 0) is 35.3 Å². The van der Waals surface area contributed by atoms with Crippen molar-refractivity contribution >= 4 is 28.5 Å². The molecule has 0 saturated heterocycles. The second-order valence-corrected chi connectivity index (χ2v) is 8.18. The molecule has 0 bridgehead atoms. The van der Waals surface area contributed by atoms with E-state index in [1.807, 2.05) is 34.2 Å². The fraction of sp³-hybridized carbons (Fsp3) is 0.542. The molecule has 0 aliphatic rings. The van der Waals surface area contributed by atoms with Crippen LogP contribution in [0.25, 0.3) is 0 Å². The summed E-state index contributed by atoms with van der Waals surface area (Å²) in [5.41, 5.74) is 2.31. The second-order valence-electron chi connectivity index (χ2n) is 7.46. The molecule has 1 amide bonds. The summed E-state index contributed by atoms with van der Waals surface area (Å²) >= 11 is 2.23. The van der Waals surface area contributed by atoms with Crippen molar-refractivity contribution in [1.29, 1.82) is 0 Å². The molecule has 1 rings (SSSR count). The van der Waals surface area contributed by atoms with Gasteiger partial charge in [0, 0.05) is 20.1 Å². The van der Waals surface area contributed by atoms with E-state index in [1.54, 1.807) is 0 Å². The second kappa shape index (κ2) is 15.6. The molecule has 1 N–H and O–H groups in total. The number of likely N-dealkylation sites (N-methyl/N-ethyl adjacent to an activating group) is 1. The van der Waals surface area contributed by atoms with Crippen LogP contribution in [0.15, 0.2) is 52.1 Å². The number of amides is 1. The van der Waals surface area contributed by atoms with Gasteiger partial charge in [0.15, 0.2) is 0 Å².